The summed E-state index contributed by atoms with van der Waals surface area (Å²) in [6.07, 6.45) is 6.06. The second-order valence-electron chi connectivity index (χ2n) is 8.90. The largest absolute Gasteiger partial charge is 0.324 e. The van der Waals surface area contributed by atoms with Crippen LogP contribution in [0.1, 0.15) is 24.5 Å². The summed E-state index contributed by atoms with van der Waals surface area (Å²) in [7, 11) is 0. The number of anilines is 1. The van der Waals surface area contributed by atoms with Gasteiger partial charge >= 0.3 is 0 Å². The number of halogens is 1. The van der Waals surface area contributed by atoms with Crippen LogP contribution in [0.2, 0.25) is 0 Å². The Balaban J connectivity index is 1.47. The minimum atomic E-state index is -0.879. The van der Waals surface area contributed by atoms with Gasteiger partial charge in [0.15, 0.2) is 0 Å². The molecule has 1 saturated heterocycles. The van der Waals surface area contributed by atoms with Crippen molar-refractivity contribution in [2.75, 3.05) is 5.32 Å². The number of likely N-dealkylation sites (tertiary alicyclic amines) is 1. The molecule has 0 unspecified atom stereocenters. The van der Waals surface area contributed by atoms with Crippen LogP contribution in [0.25, 0.3) is 0 Å². The lowest BCUT2D eigenvalue weighted by atomic mass is 9.85. The summed E-state index contributed by atoms with van der Waals surface area (Å²) in [5.41, 5.74) is 2.61. The molecule has 0 aromatic heterocycles. The first kappa shape index (κ1) is 21.1. The first-order valence-corrected chi connectivity index (χ1v) is 12.0. The van der Waals surface area contributed by atoms with Crippen LogP contribution in [0.4, 0.5) is 5.69 Å². The number of hydrogen-bond acceptors (Lipinski definition) is 3. The highest BCUT2D eigenvalue weighted by molar-refractivity contribution is 9.10. The van der Waals surface area contributed by atoms with E-state index in [2.05, 4.69) is 33.4 Å². The molecule has 2 aromatic rings. The highest BCUT2D eigenvalue weighted by atomic mass is 79.9. The second-order valence-corrected chi connectivity index (χ2v) is 9.81. The SMILES string of the molecule is CCc1cc(Br)ccc1NC(=O)[C@@H](Cc1ccccc1)N1C(=O)[C@@H]2[C@H](C1=O)[C@H]1C=C[C@H]2C1. The van der Waals surface area contributed by atoms with Gasteiger partial charge < -0.3 is 5.32 Å². The second kappa shape index (κ2) is 8.32. The van der Waals surface area contributed by atoms with Gasteiger partial charge in [-0.1, -0.05) is 65.3 Å². The van der Waals surface area contributed by atoms with Crippen LogP contribution in [-0.2, 0) is 27.2 Å². The lowest BCUT2D eigenvalue weighted by Gasteiger charge is -2.27. The quantitative estimate of drug-likeness (QED) is 0.480. The highest BCUT2D eigenvalue weighted by Gasteiger charge is 2.61. The van der Waals surface area contributed by atoms with E-state index in [0.29, 0.717) is 12.1 Å². The molecule has 5 rings (SSSR count). The van der Waals surface area contributed by atoms with Crippen molar-refractivity contribution in [1.29, 1.82) is 0 Å². The summed E-state index contributed by atoms with van der Waals surface area (Å²) in [5, 5.41) is 3.01. The molecule has 5 atom stereocenters. The molecule has 3 aliphatic rings. The van der Waals surface area contributed by atoms with Crippen LogP contribution in [0.3, 0.4) is 0 Å². The third-order valence-corrected chi connectivity index (χ3v) is 7.59. The summed E-state index contributed by atoms with van der Waals surface area (Å²) in [6, 6.07) is 14.4. The molecule has 2 fully saturated rings. The molecular formula is C26H25BrN2O3. The smallest absolute Gasteiger partial charge is 0.248 e. The third-order valence-electron chi connectivity index (χ3n) is 7.10. The van der Waals surface area contributed by atoms with E-state index in [-0.39, 0.29) is 41.4 Å². The van der Waals surface area contributed by atoms with E-state index >= 15 is 0 Å². The normalized spacial score (nSPS) is 26.5. The molecule has 2 aromatic carbocycles. The number of carbonyl (C=O) groups excluding carboxylic acids is 3. The summed E-state index contributed by atoms with van der Waals surface area (Å²) >= 11 is 3.47. The number of rotatable bonds is 6. The lowest BCUT2D eigenvalue weighted by molar-refractivity contribution is -0.147. The average Bonchev–Trinajstić information content (AvgIpc) is 3.48. The topological polar surface area (TPSA) is 66.5 Å². The predicted molar refractivity (Wildman–Crippen MR) is 126 cm³/mol. The number of hydrogen-bond donors (Lipinski definition) is 1. The van der Waals surface area contributed by atoms with Crippen molar-refractivity contribution in [3.8, 4) is 0 Å². The Labute approximate surface area is 196 Å². The fourth-order valence-electron chi connectivity index (χ4n) is 5.56. The zero-order valence-electron chi connectivity index (χ0n) is 17.8. The van der Waals surface area contributed by atoms with Crippen LogP contribution >= 0.6 is 15.9 Å². The van der Waals surface area contributed by atoms with Crippen molar-refractivity contribution in [3.63, 3.8) is 0 Å². The number of aryl methyl sites for hydroxylation is 1. The van der Waals surface area contributed by atoms with E-state index in [4.69, 9.17) is 0 Å². The van der Waals surface area contributed by atoms with Gasteiger partial charge in [0.1, 0.15) is 6.04 Å². The number of allylic oxidation sites excluding steroid dienone is 2. The molecule has 164 valence electrons. The number of benzene rings is 2. The van der Waals surface area contributed by atoms with Crippen LogP contribution in [0.5, 0.6) is 0 Å². The number of imide groups is 1. The molecular weight excluding hydrogens is 468 g/mol. The van der Waals surface area contributed by atoms with Crippen LogP contribution in [0.15, 0.2) is 65.2 Å². The van der Waals surface area contributed by atoms with Crippen LogP contribution in [-0.4, -0.2) is 28.7 Å². The lowest BCUT2D eigenvalue weighted by Crippen LogP contribution is -2.49. The molecule has 0 radical (unpaired) electrons. The van der Waals surface area contributed by atoms with Gasteiger partial charge in [-0.05, 0) is 54.0 Å². The molecule has 5 nitrogen and oxygen atoms in total. The Morgan fingerprint density at radius 2 is 1.72 bits per heavy atom. The Bertz CT molecular complexity index is 1080. The molecule has 32 heavy (non-hydrogen) atoms. The van der Waals surface area contributed by atoms with E-state index < -0.39 is 6.04 Å². The predicted octanol–water partition coefficient (Wildman–Crippen LogP) is 4.37. The molecule has 2 aliphatic carbocycles. The van der Waals surface area contributed by atoms with Gasteiger partial charge in [0.2, 0.25) is 17.7 Å². The van der Waals surface area contributed by atoms with Gasteiger partial charge in [-0.15, -0.1) is 0 Å². The maximum Gasteiger partial charge on any atom is 0.248 e. The van der Waals surface area contributed by atoms with Crippen LogP contribution < -0.4 is 5.32 Å². The molecule has 1 saturated carbocycles. The van der Waals surface area contributed by atoms with Crippen LogP contribution in [0, 0.1) is 23.7 Å². The Morgan fingerprint density at radius 3 is 2.34 bits per heavy atom. The fraction of sp³-hybridized carbons (Fsp3) is 0.346. The van der Waals surface area contributed by atoms with Gasteiger partial charge in [0.05, 0.1) is 11.8 Å². The molecule has 2 bridgehead atoms. The zero-order chi connectivity index (χ0) is 22.4. The van der Waals surface area contributed by atoms with Gasteiger partial charge in [-0.2, -0.15) is 0 Å². The molecule has 3 amide bonds. The maximum atomic E-state index is 13.6. The standard InChI is InChI=1S/C26H25BrN2O3/c1-2-16-14-19(27)10-11-20(16)28-24(30)21(12-15-6-4-3-5-7-15)29-25(31)22-17-8-9-18(13-17)23(22)26(29)32/h3-11,14,17-18,21-23H,2,12-13H2,1H3,(H,28,30)/t17-,18-,21+,22-,23+/m0/s1. The minimum absolute atomic E-state index is 0.116. The van der Waals surface area contributed by atoms with Gasteiger partial charge in [-0.25, -0.2) is 0 Å². The van der Waals surface area contributed by atoms with Crippen molar-refractivity contribution in [2.45, 2.75) is 32.2 Å². The van der Waals surface area contributed by atoms with Gasteiger partial charge in [0.25, 0.3) is 0 Å². The zero-order valence-corrected chi connectivity index (χ0v) is 19.4. The first-order chi connectivity index (χ1) is 15.5. The minimum Gasteiger partial charge on any atom is -0.324 e. The molecule has 1 N–H and O–H groups in total. The van der Waals surface area contributed by atoms with Crippen molar-refractivity contribution < 1.29 is 14.4 Å². The highest BCUT2D eigenvalue weighted by Crippen LogP contribution is 2.53. The van der Waals surface area contributed by atoms with Gasteiger partial charge in [0, 0.05) is 16.6 Å². The summed E-state index contributed by atoms with van der Waals surface area (Å²) in [5.74, 6) is -1.12. The number of amides is 3. The first-order valence-electron chi connectivity index (χ1n) is 11.2. The van der Waals surface area contributed by atoms with E-state index in [9.17, 15) is 14.4 Å². The van der Waals surface area contributed by atoms with Crippen molar-refractivity contribution in [3.05, 3.63) is 76.3 Å². The average molecular weight is 493 g/mol. The van der Waals surface area contributed by atoms with E-state index in [1.54, 1.807) is 0 Å². The molecule has 1 heterocycles. The number of fused-ring (bicyclic) bond motifs is 5. The summed E-state index contributed by atoms with van der Waals surface area (Å²) in [4.78, 5) is 41.7. The van der Waals surface area contributed by atoms with Crippen molar-refractivity contribution >= 4 is 39.3 Å². The Morgan fingerprint density at radius 1 is 1.06 bits per heavy atom. The Hall–Kier alpha value is -2.73. The van der Waals surface area contributed by atoms with Crippen molar-refractivity contribution in [2.24, 2.45) is 23.7 Å². The molecule has 6 heteroatoms. The van der Waals surface area contributed by atoms with E-state index in [1.165, 1.54) is 4.90 Å². The Kier molecular flexibility index (Phi) is 5.49. The number of nitrogens with one attached hydrogen (secondary N) is 1. The maximum absolute atomic E-state index is 13.6. The molecule has 0 spiro atoms. The monoisotopic (exact) mass is 492 g/mol. The van der Waals surface area contributed by atoms with E-state index in [0.717, 1.165) is 28.4 Å². The fourth-order valence-corrected chi connectivity index (χ4v) is 5.97. The van der Waals surface area contributed by atoms with E-state index in [1.807, 2.05) is 55.5 Å². The summed E-state index contributed by atoms with van der Waals surface area (Å²) < 4.78 is 0.939. The van der Waals surface area contributed by atoms with Crippen molar-refractivity contribution in [1.82, 2.24) is 4.90 Å². The third kappa shape index (κ3) is 3.51. The molecule has 1 aliphatic heterocycles. The summed E-state index contributed by atoms with van der Waals surface area (Å²) in [6.45, 7) is 2.02. The van der Waals surface area contributed by atoms with Gasteiger partial charge in [-0.3, -0.25) is 19.3 Å². The number of nitrogens with zero attached hydrogens (tertiary/aromatic N) is 1. The number of carbonyl (C=O) groups is 3.